The number of hydrogen-bond acceptors (Lipinski definition) is 5. The van der Waals surface area contributed by atoms with E-state index in [1.54, 1.807) is 18.9 Å². The summed E-state index contributed by atoms with van der Waals surface area (Å²) in [5.74, 6) is 2.16. The van der Waals surface area contributed by atoms with Crippen LogP contribution in [0.2, 0.25) is 5.02 Å². The minimum atomic E-state index is 0.397. The van der Waals surface area contributed by atoms with Gasteiger partial charge in [-0.3, -0.25) is 4.98 Å². The van der Waals surface area contributed by atoms with E-state index in [4.69, 9.17) is 21.3 Å². The molecule has 6 nitrogen and oxygen atoms in total. The number of rotatable bonds is 3. The van der Waals surface area contributed by atoms with Crippen molar-refractivity contribution in [1.82, 2.24) is 19.6 Å². The third-order valence-corrected chi connectivity index (χ3v) is 8.50. The summed E-state index contributed by atoms with van der Waals surface area (Å²) in [6.45, 7) is 6.01. The lowest BCUT2D eigenvalue weighted by Gasteiger charge is -2.40. The number of allylic oxidation sites excluding steroid dienone is 4. The average Bonchev–Trinajstić information content (AvgIpc) is 3.45. The zero-order valence-corrected chi connectivity index (χ0v) is 20.8. The first-order valence-electron chi connectivity index (χ1n) is 12.1. The average molecular weight is 476 g/mol. The Labute approximate surface area is 205 Å². The van der Waals surface area contributed by atoms with E-state index in [0.717, 1.165) is 65.7 Å². The van der Waals surface area contributed by atoms with Gasteiger partial charge < -0.3 is 9.64 Å². The van der Waals surface area contributed by atoms with Gasteiger partial charge in [0.2, 0.25) is 0 Å². The number of ether oxygens (including phenoxy) is 1. The Bertz CT molecular complexity index is 1350. The van der Waals surface area contributed by atoms with Gasteiger partial charge in [0.25, 0.3) is 0 Å². The standard InChI is InChI=1S/C27H30ClN5O/c1-17-24(28)22(6-10-29-17)25-18(2)31-26(23-7-11-30-33(23)25)32-12-8-27(9-13-32)15-19-4-5-21(34-3)14-20(19)16-27/h6-7,10-11,14H,4-5,8-9,12-13,15-16H2,1-3H3. The first-order chi connectivity index (χ1) is 16.5. The molecule has 176 valence electrons. The molecule has 3 aromatic heterocycles. The van der Waals surface area contributed by atoms with E-state index in [2.05, 4.69) is 27.1 Å². The monoisotopic (exact) mass is 475 g/mol. The highest BCUT2D eigenvalue weighted by Crippen LogP contribution is 2.52. The highest BCUT2D eigenvalue weighted by molar-refractivity contribution is 6.33. The van der Waals surface area contributed by atoms with Crippen molar-refractivity contribution in [2.45, 2.75) is 52.4 Å². The lowest BCUT2D eigenvalue weighted by atomic mass is 9.75. The van der Waals surface area contributed by atoms with Gasteiger partial charge in [0.1, 0.15) is 5.52 Å². The van der Waals surface area contributed by atoms with Crippen LogP contribution in [0, 0.1) is 19.3 Å². The van der Waals surface area contributed by atoms with Crippen LogP contribution in [0.15, 0.2) is 47.5 Å². The van der Waals surface area contributed by atoms with Crippen molar-refractivity contribution in [3.8, 4) is 11.3 Å². The van der Waals surface area contributed by atoms with E-state index in [0.29, 0.717) is 10.4 Å². The Morgan fingerprint density at radius 1 is 1.03 bits per heavy atom. The van der Waals surface area contributed by atoms with Gasteiger partial charge in [0.05, 0.1) is 41.2 Å². The number of pyridine rings is 1. The molecule has 4 heterocycles. The predicted molar refractivity (Wildman–Crippen MR) is 135 cm³/mol. The largest absolute Gasteiger partial charge is 0.501 e. The molecule has 0 atom stereocenters. The van der Waals surface area contributed by atoms with Crippen molar-refractivity contribution in [3.63, 3.8) is 0 Å². The van der Waals surface area contributed by atoms with E-state index in [9.17, 15) is 0 Å². The van der Waals surface area contributed by atoms with Crippen molar-refractivity contribution < 1.29 is 4.74 Å². The minimum absolute atomic E-state index is 0.397. The van der Waals surface area contributed by atoms with Crippen LogP contribution in [0.3, 0.4) is 0 Å². The van der Waals surface area contributed by atoms with Crippen molar-refractivity contribution >= 4 is 22.9 Å². The van der Waals surface area contributed by atoms with Gasteiger partial charge >= 0.3 is 0 Å². The summed E-state index contributed by atoms with van der Waals surface area (Å²) in [5, 5.41) is 5.32. The third-order valence-electron chi connectivity index (χ3n) is 8.02. The van der Waals surface area contributed by atoms with E-state index < -0.39 is 0 Å². The number of methoxy groups -OCH3 is 1. The van der Waals surface area contributed by atoms with Gasteiger partial charge in [-0.25, -0.2) is 9.50 Å². The number of fused-ring (bicyclic) bond motifs is 1. The second-order valence-corrected chi connectivity index (χ2v) is 10.4. The zero-order chi connectivity index (χ0) is 23.4. The van der Waals surface area contributed by atoms with Crippen molar-refractivity contribution in [3.05, 3.63) is 63.9 Å². The van der Waals surface area contributed by atoms with Crippen LogP contribution >= 0.6 is 11.6 Å². The molecule has 2 aliphatic carbocycles. The highest BCUT2D eigenvalue weighted by atomic mass is 35.5. The first kappa shape index (κ1) is 21.7. The Balaban J connectivity index is 1.28. The fourth-order valence-electron chi connectivity index (χ4n) is 6.15. The normalized spacial score (nSPS) is 19.6. The maximum Gasteiger partial charge on any atom is 0.155 e. The van der Waals surface area contributed by atoms with Gasteiger partial charge in [-0.1, -0.05) is 17.2 Å². The maximum atomic E-state index is 6.64. The zero-order valence-electron chi connectivity index (χ0n) is 20.1. The van der Waals surface area contributed by atoms with Crippen LogP contribution < -0.4 is 4.90 Å². The summed E-state index contributed by atoms with van der Waals surface area (Å²) in [5.41, 5.74) is 8.21. The molecule has 0 saturated carbocycles. The molecular formula is C27H30ClN5O. The third kappa shape index (κ3) is 3.42. The quantitative estimate of drug-likeness (QED) is 0.460. The molecule has 34 heavy (non-hydrogen) atoms. The van der Waals surface area contributed by atoms with E-state index in [1.807, 2.05) is 30.6 Å². The topological polar surface area (TPSA) is 55.5 Å². The first-order valence-corrected chi connectivity index (χ1v) is 12.5. The number of anilines is 1. The number of aryl methyl sites for hydroxylation is 2. The number of aromatic nitrogens is 4. The van der Waals surface area contributed by atoms with E-state index >= 15 is 0 Å². The fourth-order valence-corrected chi connectivity index (χ4v) is 6.36. The SMILES string of the molecule is COC1=CC2=C(CC1)CC1(CCN(c3nc(C)c(-c4ccnc(C)c4Cl)n4nccc34)CC1)C2. The predicted octanol–water partition coefficient (Wildman–Crippen LogP) is 6.06. The molecule has 1 fully saturated rings. The Kier molecular flexibility index (Phi) is 5.17. The van der Waals surface area contributed by atoms with Gasteiger partial charge in [-0.2, -0.15) is 5.10 Å². The highest BCUT2D eigenvalue weighted by Gasteiger charge is 2.41. The number of nitrogens with zero attached hydrogens (tertiary/aromatic N) is 5. The molecule has 0 bridgehead atoms. The maximum absolute atomic E-state index is 6.64. The molecule has 0 unspecified atom stereocenters. The molecule has 0 amide bonds. The van der Waals surface area contributed by atoms with Gasteiger partial charge in [0, 0.05) is 31.3 Å². The number of halogens is 1. The van der Waals surface area contributed by atoms with Gasteiger partial charge in [0.15, 0.2) is 5.82 Å². The molecule has 0 radical (unpaired) electrons. The summed E-state index contributed by atoms with van der Waals surface area (Å²) in [6, 6.07) is 4.01. The van der Waals surface area contributed by atoms with Crippen LogP contribution in [0.25, 0.3) is 16.8 Å². The Hall–Kier alpha value is -2.86. The van der Waals surface area contributed by atoms with E-state index in [1.165, 1.54) is 31.3 Å². The summed E-state index contributed by atoms with van der Waals surface area (Å²) in [7, 11) is 1.79. The summed E-state index contributed by atoms with van der Waals surface area (Å²) >= 11 is 6.64. The van der Waals surface area contributed by atoms with Crippen molar-refractivity contribution in [1.29, 1.82) is 0 Å². The van der Waals surface area contributed by atoms with Gasteiger partial charge in [-0.05, 0) is 75.1 Å². The molecular weight excluding hydrogens is 446 g/mol. The second kappa shape index (κ2) is 8.12. The molecule has 7 heteroatoms. The molecule has 1 aliphatic heterocycles. The number of piperidine rings is 1. The van der Waals surface area contributed by atoms with Crippen molar-refractivity contribution in [2.75, 3.05) is 25.1 Å². The van der Waals surface area contributed by atoms with Crippen LogP contribution in [0.5, 0.6) is 0 Å². The molecule has 1 spiro atoms. The summed E-state index contributed by atoms with van der Waals surface area (Å²) in [4.78, 5) is 11.9. The van der Waals surface area contributed by atoms with Crippen LogP contribution in [-0.2, 0) is 4.74 Å². The number of hydrogen-bond donors (Lipinski definition) is 0. The molecule has 1 saturated heterocycles. The van der Waals surface area contributed by atoms with E-state index in [-0.39, 0.29) is 0 Å². The lowest BCUT2D eigenvalue weighted by Crippen LogP contribution is -2.40. The fraction of sp³-hybridized carbons (Fsp3) is 0.444. The van der Waals surface area contributed by atoms with Crippen LogP contribution in [0.4, 0.5) is 5.82 Å². The molecule has 0 aromatic carbocycles. The van der Waals surface area contributed by atoms with Gasteiger partial charge in [-0.15, -0.1) is 0 Å². The van der Waals surface area contributed by atoms with Crippen LogP contribution in [0.1, 0.15) is 49.9 Å². The molecule has 3 aromatic rings. The Morgan fingerprint density at radius 2 is 1.85 bits per heavy atom. The second-order valence-electron chi connectivity index (χ2n) is 10.0. The summed E-state index contributed by atoms with van der Waals surface area (Å²) < 4.78 is 7.54. The van der Waals surface area contributed by atoms with Crippen LogP contribution in [-0.4, -0.2) is 39.8 Å². The smallest absolute Gasteiger partial charge is 0.155 e. The minimum Gasteiger partial charge on any atom is -0.501 e. The molecule has 3 aliphatic rings. The lowest BCUT2D eigenvalue weighted by molar-refractivity contribution is 0.231. The van der Waals surface area contributed by atoms with Crippen molar-refractivity contribution in [2.24, 2.45) is 5.41 Å². The summed E-state index contributed by atoms with van der Waals surface area (Å²) in [6.07, 6.45) is 13.0. The Morgan fingerprint density at radius 3 is 2.65 bits per heavy atom. The molecule has 0 N–H and O–H groups in total. The molecule has 6 rings (SSSR count).